The largest absolute Gasteiger partial charge is 0.497 e. The van der Waals surface area contributed by atoms with E-state index in [1.54, 1.807) is 52.1 Å². The number of nitrogens with zero attached hydrogens (tertiary/aromatic N) is 1. The molecule has 156 valence electrons. The van der Waals surface area contributed by atoms with Gasteiger partial charge in [0.2, 0.25) is 0 Å². The first kappa shape index (κ1) is 21.3. The van der Waals surface area contributed by atoms with E-state index in [1.807, 2.05) is 29.6 Å². The molecule has 0 aliphatic heterocycles. The quantitative estimate of drug-likeness (QED) is 0.570. The van der Waals surface area contributed by atoms with Crippen LogP contribution in [0, 0.1) is 0 Å². The van der Waals surface area contributed by atoms with E-state index >= 15 is 0 Å². The molecule has 0 bridgehead atoms. The van der Waals surface area contributed by atoms with Crippen molar-refractivity contribution in [1.82, 2.24) is 4.98 Å². The molecule has 0 aliphatic rings. The van der Waals surface area contributed by atoms with Gasteiger partial charge in [-0.1, -0.05) is 0 Å². The summed E-state index contributed by atoms with van der Waals surface area (Å²) in [5.41, 5.74) is 2.12. The van der Waals surface area contributed by atoms with Gasteiger partial charge in [0.1, 0.15) is 11.4 Å². The highest BCUT2D eigenvalue weighted by Gasteiger charge is 2.16. The van der Waals surface area contributed by atoms with Crippen LogP contribution < -0.4 is 15.4 Å². The Morgan fingerprint density at radius 1 is 0.967 bits per heavy atom. The number of hydrogen-bond donors (Lipinski definition) is 2. The van der Waals surface area contributed by atoms with Gasteiger partial charge in [0.15, 0.2) is 5.13 Å². The average Bonchev–Trinajstić information content (AvgIpc) is 3.15. The van der Waals surface area contributed by atoms with Gasteiger partial charge in [0.25, 0.3) is 5.91 Å². The van der Waals surface area contributed by atoms with Gasteiger partial charge in [0.05, 0.1) is 12.8 Å². The first-order valence-electron chi connectivity index (χ1n) is 9.25. The summed E-state index contributed by atoms with van der Waals surface area (Å²) in [5.74, 6) is 0.488. The van der Waals surface area contributed by atoms with Crippen LogP contribution in [0.4, 0.5) is 15.6 Å². The molecule has 8 heteroatoms. The van der Waals surface area contributed by atoms with Crippen molar-refractivity contribution in [1.29, 1.82) is 0 Å². The highest BCUT2D eigenvalue weighted by molar-refractivity contribution is 7.14. The number of nitrogens with one attached hydrogen (secondary N) is 2. The van der Waals surface area contributed by atoms with Crippen LogP contribution in [0.5, 0.6) is 5.75 Å². The number of hydrogen-bond acceptors (Lipinski definition) is 6. The molecule has 3 aromatic rings. The van der Waals surface area contributed by atoms with E-state index in [1.165, 1.54) is 11.3 Å². The topological polar surface area (TPSA) is 89.6 Å². The van der Waals surface area contributed by atoms with Gasteiger partial charge in [-0.05, 0) is 69.3 Å². The summed E-state index contributed by atoms with van der Waals surface area (Å²) in [5, 5.41) is 7.81. The Kier molecular flexibility index (Phi) is 6.37. The van der Waals surface area contributed by atoms with Crippen molar-refractivity contribution in [3.8, 4) is 17.0 Å². The lowest BCUT2D eigenvalue weighted by Gasteiger charge is -2.19. The fourth-order valence-electron chi connectivity index (χ4n) is 2.52. The van der Waals surface area contributed by atoms with Crippen LogP contribution in [0.3, 0.4) is 0 Å². The zero-order valence-electron chi connectivity index (χ0n) is 17.2. The molecule has 1 aromatic heterocycles. The van der Waals surface area contributed by atoms with Gasteiger partial charge < -0.3 is 9.47 Å². The SMILES string of the molecule is COc1ccc(-c2csc(NC(=O)c3ccc(NC(=O)OC(C)(C)C)cc3)n2)cc1. The molecular formula is C22H23N3O4S. The van der Waals surface area contributed by atoms with E-state index in [-0.39, 0.29) is 5.91 Å². The van der Waals surface area contributed by atoms with Crippen LogP contribution in [0.15, 0.2) is 53.9 Å². The van der Waals surface area contributed by atoms with Crippen LogP contribution in [0.2, 0.25) is 0 Å². The van der Waals surface area contributed by atoms with Gasteiger partial charge in [-0.15, -0.1) is 11.3 Å². The van der Waals surface area contributed by atoms with E-state index in [4.69, 9.17) is 9.47 Å². The minimum Gasteiger partial charge on any atom is -0.497 e. The summed E-state index contributed by atoms with van der Waals surface area (Å²) < 4.78 is 10.4. The van der Waals surface area contributed by atoms with E-state index in [0.29, 0.717) is 16.4 Å². The summed E-state index contributed by atoms with van der Waals surface area (Å²) in [6, 6.07) is 14.1. The Hall–Kier alpha value is -3.39. The number of thiazole rings is 1. The Morgan fingerprint density at radius 2 is 1.63 bits per heavy atom. The molecule has 3 rings (SSSR count). The summed E-state index contributed by atoms with van der Waals surface area (Å²) >= 11 is 1.35. The Bertz CT molecular complexity index is 1020. The maximum Gasteiger partial charge on any atom is 0.412 e. The number of amides is 2. The molecule has 0 saturated carbocycles. The first-order chi connectivity index (χ1) is 14.2. The molecule has 0 spiro atoms. The molecule has 7 nitrogen and oxygen atoms in total. The summed E-state index contributed by atoms with van der Waals surface area (Å²) in [7, 11) is 1.62. The monoisotopic (exact) mass is 425 g/mol. The lowest BCUT2D eigenvalue weighted by molar-refractivity contribution is 0.0636. The van der Waals surface area contributed by atoms with Crippen molar-refractivity contribution >= 4 is 34.2 Å². The average molecular weight is 426 g/mol. The number of carbonyl (C=O) groups excluding carboxylic acids is 2. The number of carbonyl (C=O) groups is 2. The number of anilines is 2. The number of rotatable bonds is 5. The second-order valence-electron chi connectivity index (χ2n) is 7.42. The fraction of sp³-hybridized carbons (Fsp3) is 0.227. The normalized spacial score (nSPS) is 10.9. The maximum absolute atomic E-state index is 12.5. The number of benzene rings is 2. The third-order valence-electron chi connectivity index (χ3n) is 3.90. The Labute approximate surface area is 179 Å². The third-order valence-corrected chi connectivity index (χ3v) is 4.66. The van der Waals surface area contributed by atoms with Crippen LogP contribution in [0.25, 0.3) is 11.3 Å². The second-order valence-corrected chi connectivity index (χ2v) is 8.28. The standard InChI is InChI=1S/C22H23N3O4S/c1-22(2,3)29-21(27)23-16-9-5-15(6-10-16)19(26)25-20-24-18(13-30-20)14-7-11-17(28-4)12-8-14/h5-13H,1-4H3,(H,23,27)(H,24,25,26). The van der Waals surface area contributed by atoms with Crippen molar-refractivity contribution in [2.24, 2.45) is 0 Å². The minimum absolute atomic E-state index is 0.283. The maximum atomic E-state index is 12.5. The number of methoxy groups -OCH3 is 1. The van der Waals surface area contributed by atoms with Gasteiger partial charge >= 0.3 is 6.09 Å². The summed E-state index contributed by atoms with van der Waals surface area (Å²) in [6.07, 6.45) is -0.548. The van der Waals surface area contributed by atoms with Gasteiger partial charge in [-0.3, -0.25) is 15.4 Å². The van der Waals surface area contributed by atoms with E-state index in [2.05, 4.69) is 15.6 Å². The van der Waals surface area contributed by atoms with E-state index < -0.39 is 11.7 Å². The second kappa shape index (κ2) is 8.96. The number of aromatic nitrogens is 1. The van der Waals surface area contributed by atoms with Gasteiger partial charge in [-0.25, -0.2) is 9.78 Å². The zero-order valence-corrected chi connectivity index (χ0v) is 18.0. The predicted molar refractivity (Wildman–Crippen MR) is 118 cm³/mol. The van der Waals surface area contributed by atoms with Gasteiger partial charge in [0, 0.05) is 22.2 Å². The molecule has 2 amide bonds. The summed E-state index contributed by atoms with van der Waals surface area (Å²) in [6.45, 7) is 5.37. The molecule has 30 heavy (non-hydrogen) atoms. The summed E-state index contributed by atoms with van der Waals surface area (Å²) in [4.78, 5) is 28.8. The van der Waals surface area contributed by atoms with Crippen molar-refractivity contribution in [3.63, 3.8) is 0 Å². The Balaban J connectivity index is 1.61. The molecule has 0 aliphatic carbocycles. The highest BCUT2D eigenvalue weighted by atomic mass is 32.1. The highest BCUT2D eigenvalue weighted by Crippen LogP contribution is 2.27. The van der Waals surface area contributed by atoms with Crippen molar-refractivity contribution in [2.75, 3.05) is 17.7 Å². The van der Waals surface area contributed by atoms with Crippen LogP contribution >= 0.6 is 11.3 Å². The lowest BCUT2D eigenvalue weighted by atomic mass is 10.2. The smallest absolute Gasteiger partial charge is 0.412 e. The molecule has 0 fully saturated rings. The Morgan fingerprint density at radius 3 is 2.23 bits per heavy atom. The molecular weight excluding hydrogens is 402 g/mol. The fourth-order valence-corrected chi connectivity index (χ4v) is 3.24. The number of ether oxygens (including phenoxy) is 2. The molecule has 2 aromatic carbocycles. The molecule has 0 unspecified atom stereocenters. The zero-order chi connectivity index (χ0) is 21.7. The molecule has 2 N–H and O–H groups in total. The van der Waals surface area contributed by atoms with Gasteiger partial charge in [-0.2, -0.15) is 0 Å². The van der Waals surface area contributed by atoms with Crippen LogP contribution in [-0.4, -0.2) is 29.7 Å². The van der Waals surface area contributed by atoms with Crippen molar-refractivity contribution in [3.05, 3.63) is 59.5 Å². The van der Waals surface area contributed by atoms with Crippen LogP contribution in [-0.2, 0) is 4.74 Å². The first-order valence-corrected chi connectivity index (χ1v) is 10.1. The van der Waals surface area contributed by atoms with Crippen molar-refractivity contribution in [2.45, 2.75) is 26.4 Å². The van der Waals surface area contributed by atoms with E-state index in [9.17, 15) is 9.59 Å². The van der Waals surface area contributed by atoms with Crippen LogP contribution in [0.1, 0.15) is 31.1 Å². The molecule has 0 radical (unpaired) electrons. The molecule has 1 heterocycles. The van der Waals surface area contributed by atoms with Crippen molar-refractivity contribution < 1.29 is 19.1 Å². The minimum atomic E-state index is -0.581. The van der Waals surface area contributed by atoms with E-state index in [0.717, 1.165) is 17.0 Å². The third kappa shape index (κ3) is 5.81. The molecule has 0 saturated heterocycles. The molecule has 0 atom stereocenters. The lowest BCUT2D eigenvalue weighted by Crippen LogP contribution is -2.27. The predicted octanol–water partition coefficient (Wildman–Crippen LogP) is 5.42.